The van der Waals surface area contributed by atoms with Crippen molar-refractivity contribution in [3.63, 3.8) is 0 Å². The molecule has 0 spiro atoms. The monoisotopic (exact) mass is 227 g/mol. The third-order valence-corrected chi connectivity index (χ3v) is 2.36. The summed E-state index contributed by atoms with van der Waals surface area (Å²) in [5.41, 5.74) is 2.20. The minimum absolute atomic E-state index is 0.351. The van der Waals surface area contributed by atoms with Crippen molar-refractivity contribution in [3.8, 4) is 0 Å². The van der Waals surface area contributed by atoms with E-state index in [0.717, 1.165) is 22.6 Å². The Bertz CT molecular complexity index is 340. The molecule has 0 unspecified atom stereocenters. The van der Waals surface area contributed by atoms with Gasteiger partial charge in [0, 0.05) is 0 Å². The Hall–Kier alpha value is -0.640. The second-order valence-corrected chi connectivity index (χ2v) is 3.91. The van der Waals surface area contributed by atoms with Crippen molar-refractivity contribution in [1.29, 1.82) is 0 Å². The van der Waals surface area contributed by atoms with Crippen LogP contribution >= 0.6 is 15.9 Å². The van der Waals surface area contributed by atoms with Gasteiger partial charge in [0.15, 0.2) is 0 Å². The molecule has 0 saturated heterocycles. The topological polar surface area (TPSA) is 30.2 Å². The van der Waals surface area contributed by atoms with Crippen LogP contribution in [0.25, 0.3) is 0 Å². The van der Waals surface area contributed by atoms with Crippen LogP contribution in [-0.2, 0) is 6.54 Å². The minimum atomic E-state index is 0.351. The van der Waals surface area contributed by atoms with Crippen molar-refractivity contribution < 1.29 is 0 Å². The maximum absolute atomic E-state index is 4.47. The molecule has 1 aromatic rings. The SMILES string of the molecule is CC1=N[C@@H](C)Cn2nc(Br)cc21. The molecule has 2 heterocycles. The molecule has 4 heteroatoms. The van der Waals surface area contributed by atoms with Crippen molar-refractivity contribution in [2.75, 3.05) is 0 Å². The fourth-order valence-electron chi connectivity index (χ4n) is 1.50. The Kier molecular flexibility index (Phi) is 1.79. The molecular formula is C8H10BrN3. The van der Waals surface area contributed by atoms with Crippen molar-refractivity contribution >= 4 is 21.6 Å². The third kappa shape index (κ3) is 1.20. The van der Waals surface area contributed by atoms with Crippen LogP contribution in [0.1, 0.15) is 19.5 Å². The molecule has 0 bridgehead atoms. The average Bonchev–Trinajstić information content (AvgIpc) is 2.29. The summed E-state index contributed by atoms with van der Waals surface area (Å²) in [6.45, 7) is 5.01. The smallest absolute Gasteiger partial charge is 0.128 e. The molecule has 0 N–H and O–H groups in total. The van der Waals surface area contributed by atoms with Gasteiger partial charge in [-0.1, -0.05) is 0 Å². The number of nitrogens with zero attached hydrogens (tertiary/aromatic N) is 3. The first-order valence-electron chi connectivity index (χ1n) is 3.95. The first-order valence-corrected chi connectivity index (χ1v) is 4.74. The Balaban J connectivity index is 2.51. The molecule has 0 aliphatic carbocycles. The zero-order valence-electron chi connectivity index (χ0n) is 7.08. The van der Waals surface area contributed by atoms with E-state index >= 15 is 0 Å². The Labute approximate surface area is 79.6 Å². The zero-order valence-corrected chi connectivity index (χ0v) is 8.67. The summed E-state index contributed by atoms with van der Waals surface area (Å²) in [4.78, 5) is 4.47. The molecule has 3 nitrogen and oxygen atoms in total. The van der Waals surface area contributed by atoms with E-state index in [1.807, 2.05) is 17.7 Å². The summed E-state index contributed by atoms with van der Waals surface area (Å²) in [5, 5.41) is 4.30. The third-order valence-electron chi connectivity index (χ3n) is 1.97. The van der Waals surface area contributed by atoms with E-state index in [1.165, 1.54) is 0 Å². The molecule has 1 atom stereocenters. The Morgan fingerprint density at radius 2 is 2.42 bits per heavy atom. The molecule has 64 valence electrons. The van der Waals surface area contributed by atoms with Gasteiger partial charge in [0.25, 0.3) is 0 Å². The largest absolute Gasteiger partial charge is 0.283 e. The van der Waals surface area contributed by atoms with Crippen LogP contribution in [0.5, 0.6) is 0 Å². The highest BCUT2D eigenvalue weighted by molar-refractivity contribution is 9.10. The van der Waals surface area contributed by atoms with Crippen LogP contribution in [0, 0.1) is 0 Å². The lowest BCUT2D eigenvalue weighted by Crippen LogP contribution is -2.22. The summed E-state index contributed by atoms with van der Waals surface area (Å²) in [7, 11) is 0. The summed E-state index contributed by atoms with van der Waals surface area (Å²) in [5.74, 6) is 0. The zero-order chi connectivity index (χ0) is 8.72. The first kappa shape index (κ1) is 7.98. The van der Waals surface area contributed by atoms with Gasteiger partial charge in [0.2, 0.25) is 0 Å². The van der Waals surface area contributed by atoms with Crippen LogP contribution < -0.4 is 0 Å². The van der Waals surface area contributed by atoms with Crippen LogP contribution in [0.15, 0.2) is 15.7 Å². The van der Waals surface area contributed by atoms with E-state index in [4.69, 9.17) is 0 Å². The van der Waals surface area contributed by atoms with Gasteiger partial charge in [-0.2, -0.15) is 5.10 Å². The molecule has 1 aliphatic heterocycles. The molecule has 1 aromatic heterocycles. The molecule has 0 fully saturated rings. The van der Waals surface area contributed by atoms with Gasteiger partial charge in [0.1, 0.15) is 4.60 Å². The second kappa shape index (κ2) is 2.69. The predicted octanol–water partition coefficient (Wildman–Crippen LogP) is 1.86. The lowest BCUT2D eigenvalue weighted by atomic mass is 10.2. The van der Waals surface area contributed by atoms with Gasteiger partial charge < -0.3 is 0 Å². The number of halogens is 1. The molecule has 2 rings (SSSR count). The highest BCUT2D eigenvalue weighted by atomic mass is 79.9. The van der Waals surface area contributed by atoms with Crippen molar-refractivity contribution in [2.45, 2.75) is 26.4 Å². The highest BCUT2D eigenvalue weighted by Crippen LogP contribution is 2.16. The number of rotatable bonds is 0. The molecule has 1 aliphatic rings. The van der Waals surface area contributed by atoms with Crippen molar-refractivity contribution in [2.24, 2.45) is 4.99 Å². The van der Waals surface area contributed by atoms with Gasteiger partial charge in [-0.3, -0.25) is 9.67 Å². The summed E-state index contributed by atoms with van der Waals surface area (Å²) in [6, 6.07) is 2.36. The fourth-order valence-corrected chi connectivity index (χ4v) is 1.91. The number of hydrogen-bond donors (Lipinski definition) is 0. The molecule has 0 amide bonds. The summed E-state index contributed by atoms with van der Waals surface area (Å²) >= 11 is 3.35. The van der Waals surface area contributed by atoms with Crippen LogP contribution in [0.2, 0.25) is 0 Å². The van der Waals surface area contributed by atoms with E-state index in [1.54, 1.807) is 0 Å². The van der Waals surface area contributed by atoms with Crippen molar-refractivity contribution in [3.05, 3.63) is 16.4 Å². The highest BCUT2D eigenvalue weighted by Gasteiger charge is 2.16. The maximum Gasteiger partial charge on any atom is 0.128 e. The average molecular weight is 228 g/mol. The lowest BCUT2D eigenvalue weighted by Gasteiger charge is -2.16. The van der Waals surface area contributed by atoms with E-state index in [2.05, 4.69) is 32.9 Å². The Morgan fingerprint density at radius 1 is 1.67 bits per heavy atom. The van der Waals surface area contributed by atoms with Gasteiger partial charge in [-0.25, -0.2) is 0 Å². The van der Waals surface area contributed by atoms with Gasteiger partial charge >= 0.3 is 0 Å². The normalized spacial score (nSPS) is 21.9. The quantitative estimate of drug-likeness (QED) is 0.666. The van der Waals surface area contributed by atoms with Crippen molar-refractivity contribution in [1.82, 2.24) is 9.78 Å². The van der Waals surface area contributed by atoms with E-state index < -0.39 is 0 Å². The standard InChI is InChI=1S/C8H10BrN3/c1-5-4-12-7(6(2)10-5)3-8(9)11-12/h3,5H,4H2,1-2H3/t5-/m0/s1. The second-order valence-electron chi connectivity index (χ2n) is 3.10. The molecule has 12 heavy (non-hydrogen) atoms. The fraction of sp³-hybridized carbons (Fsp3) is 0.500. The minimum Gasteiger partial charge on any atom is -0.283 e. The van der Waals surface area contributed by atoms with Crippen LogP contribution in [-0.4, -0.2) is 21.5 Å². The molecule has 0 aromatic carbocycles. The first-order chi connectivity index (χ1) is 5.66. The van der Waals surface area contributed by atoms with E-state index in [-0.39, 0.29) is 0 Å². The molecular weight excluding hydrogens is 218 g/mol. The summed E-state index contributed by atoms with van der Waals surface area (Å²) in [6.07, 6.45) is 0. The van der Waals surface area contributed by atoms with Gasteiger partial charge in [-0.15, -0.1) is 0 Å². The lowest BCUT2D eigenvalue weighted by molar-refractivity contribution is 0.520. The number of fused-ring (bicyclic) bond motifs is 1. The number of aliphatic imine (C=N–C) groups is 1. The number of aromatic nitrogens is 2. The Morgan fingerprint density at radius 3 is 3.17 bits per heavy atom. The molecule has 0 saturated carbocycles. The summed E-state index contributed by atoms with van der Waals surface area (Å²) < 4.78 is 2.89. The maximum atomic E-state index is 4.47. The van der Waals surface area contributed by atoms with Crippen LogP contribution in [0.3, 0.4) is 0 Å². The van der Waals surface area contributed by atoms with Crippen LogP contribution in [0.4, 0.5) is 0 Å². The van der Waals surface area contributed by atoms with Gasteiger partial charge in [0.05, 0.1) is 24.0 Å². The van der Waals surface area contributed by atoms with Gasteiger partial charge in [-0.05, 0) is 35.8 Å². The van der Waals surface area contributed by atoms with E-state index in [0.29, 0.717) is 6.04 Å². The van der Waals surface area contributed by atoms with E-state index in [9.17, 15) is 0 Å². The predicted molar refractivity (Wildman–Crippen MR) is 51.6 cm³/mol. The molecule has 0 radical (unpaired) electrons. The number of hydrogen-bond acceptors (Lipinski definition) is 2.